The molecule has 0 aliphatic rings. The van der Waals surface area contributed by atoms with Gasteiger partial charge >= 0.3 is 0 Å². The Morgan fingerprint density at radius 3 is 2.64 bits per heavy atom. The number of rotatable bonds is 5. The van der Waals surface area contributed by atoms with Crippen molar-refractivity contribution >= 4 is 18.6 Å². The zero-order valence-electron chi connectivity index (χ0n) is 9.41. The zero-order chi connectivity index (χ0) is 11.0. The van der Waals surface area contributed by atoms with E-state index in [1.54, 1.807) is 17.8 Å². The second-order valence-electron chi connectivity index (χ2n) is 3.09. The lowest BCUT2D eigenvalue weighted by atomic mass is 10.4. The van der Waals surface area contributed by atoms with E-state index < -0.39 is 0 Å². The minimum atomic E-state index is 0.564. The molecule has 0 radical (unpaired) electrons. The summed E-state index contributed by atoms with van der Waals surface area (Å²) in [7, 11) is 3.61. The van der Waals surface area contributed by atoms with Crippen molar-refractivity contribution in [2.24, 2.45) is 9.98 Å². The van der Waals surface area contributed by atoms with Crippen LogP contribution in [0.25, 0.3) is 0 Å². The van der Waals surface area contributed by atoms with Crippen LogP contribution in [0.5, 0.6) is 0 Å². The van der Waals surface area contributed by atoms with Gasteiger partial charge in [-0.15, -0.1) is 0 Å². The lowest BCUT2D eigenvalue weighted by Crippen LogP contribution is -2.14. The van der Waals surface area contributed by atoms with Gasteiger partial charge in [0.2, 0.25) is 0 Å². The van der Waals surface area contributed by atoms with Crippen LogP contribution in [-0.4, -0.2) is 44.0 Å². The molecule has 0 aromatic rings. The molecule has 14 heavy (non-hydrogen) atoms. The summed E-state index contributed by atoms with van der Waals surface area (Å²) < 4.78 is 1.74. The zero-order valence-corrected chi connectivity index (χ0v) is 9.41. The summed E-state index contributed by atoms with van der Waals surface area (Å²) in [6, 6.07) is 0. The molecule has 0 aliphatic carbocycles. The first-order valence-corrected chi connectivity index (χ1v) is 4.45. The lowest BCUT2D eigenvalue weighted by Gasteiger charge is -2.00. The van der Waals surface area contributed by atoms with E-state index in [4.69, 9.17) is 0 Å². The van der Waals surface area contributed by atoms with Crippen molar-refractivity contribution in [3.05, 3.63) is 11.9 Å². The Bertz CT molecular complexity index is 274. The van der Waals surface area contributed by atoms with Gasteiger partial charge in [0, 0.05) is 13.3 Å². The van der Waals surface area contributed by atoms with E-state index in [0.29, 0.717) is 6.67 Å². The Morgan fingerprint density at radius 1 is 1.50 bits per heavy atom. The Morgan fingerprint density at radius 2 is 2.14 bits per heavy atom. The van der Waals surface area contributed by atoms with Crippen molar-refractivity contribution in [3.63, 3.8) is 0 Å². The van der Waals surface area contributed by atoms with E-state index in [0.717, 1.165) is 11.4 Å². The molecule has 0 rings (SSSR count). The van der Waals surface area contributed by atoms with Crippen LogP contribution in [0.4, 0.5) is 0 Å². The highest BCUT2D eigenvalue weighted by Crippen LogP contribution is 1.85. The normalized spacial score (nSPS) is 13.4. The minimum absolute atomic E-state index is 0.564. The monoisotopic (exact) mass is 195 g/mol. The van der Waals surface area contributed by atoms with Gasteiger partial charge in [0.25, 0.3) is 0 Å². The first-order chi connectivity index (χ1) is 6.56. The fourth-order valence-corrected chi connectivity index (χ4v) is 0.893. The predicted octanol–water partition coefficient (Wildman–Crippen LogP) is 0.899. The summed E-state index contributed by atoms with van der Waals surface area (Å²) in [5, 5.41) is 3.13. The Kier molecular flexibility index (Phi) is 6.28. The fraction of sp³-hybridized carbons (Fsp3) is 0.500. The Labute approximate surface area is 85.8 Å². The minimum Gasteiger partial charge on any atom is -0.365 e. The molecule has 4 heteroatoms. The third-order valence-electron chi connectivity index (χ3n) is 1.42. The fourth-order valence-electron chi connectivity index (χ4n) is 0.893. The molecular formula is C10H19N4+. The van der Waals surface area contributed by atoms with Crippen molar-refractivity contribution in [2.45, 2.75) is 13.8 Å². The molecule has 0 bridgehead atoms. The highest BCUT2D eigenvalue weighted by molar-refractivity contribution is 6.29. The van der Waals surface area contributed by atoms with Gasteiger partial charge in [-0.3, -0.25) is 9.98 Å². The number of nitrogens with one attached hydrogen (secondary N) is 1. The highest BCUT2D eigenvalue weighted by Gasteiger charge is 1.90. The van der Waals surface area contributed by atoms with E-state index in [1.807, 2.05) is 27.1 Å². The van der Waals surface area contributed by atoms with Crippen LogP contribution in [0.3, 0.4) is 0 Å². The molecule has 0 heterocycles. The number of hydrogen-bond donors (Lipinski definition) is 1. The number of nitrogens with zero attached hydrogens (tertiary/aromatic N) is 3. The SMILES string of the molecule is C=[N+](C)C=C(C)NCN=C(C)C=NC. The largest absolute Gasteiger partial charge is 0.365 e. The van der Waals surface area contributed by atoms with Gasteiger partial charge in [0.15, 0.2) is 6.20 Å². The first kappa shape index (κ1) is 12.6. The van der Waals surface area contributed by atoms with Crippen molar-refractivity contribution in [2.75, 3.05) is 20.8 Å². The smallest absolute Gasteiger partial charge is 0.186 e. The standard InChI is InChI=1S/C10H19N4/c1-9(6-11-3)12-8-13-10(2)7-14(4)5/h6-7,13H,4,8H2,1-3,5H3/q+1. The molecule has 0 atom stereocenters. The topological polar surface area (TPSA) is 39.8 Å². The molecule has 0 unspecified atom stereocenters. The summed E-state index contributed by atoms with van der Waals surface area (Å²) in [5.41, 5.74) is 1.95. The van der Waals surface area contributed by atoms with E-state index in [1.165, 1.54) is 0 Å². The maximum atomic E-state index is 4.24. The summed E-state index contributed by atoms with van der Waals surface area (Å²) >= 11 is 0. The molecule has 78 valence electrons. The predicted molar refractivity (Wildman–Crippen MR) is 62.6 cm³/mol. The lowest BCUT2D eigenvalue weighted by molar-refractivity contribution is -0.413. The van der Waals surface area contributed by atoms with Gasteiger partial charge in [-0.05, 0) is 13.8 Å². The van der Waals surface area contributed by atoms with Crippen LogP contribution in [0.15, 0.2) is 21.9 Å². The molecular weight excluding hydrogens is 176 g/mol. The molecule has 0 saturated heterocycles. The molecule has 0 aromatic heterocycles. The quantitative estimate of drug-likeness (QED) is 0.514. The van der Waals surface area contributed by atoms with E-state index in [-0.39, 0.29) is 0 Å². The Hall–Kier alpha value is -1.45. The molecule has 0 aliphatic heterocycles. The number of aliphatic imine (C=N–C) groups is 2. The van der Waals surface area contributed by atoms with Crippen LogP contribution in [-0.2, 0) is 0 Å². The van der Waals surface area contributed by atoms with Crippen LogP contribution in [0.2, 0.25) is 0 Å². The summed E-state index contributed by atoms with van der Waals surface area (Å²) in [5.74, 6) is 0. The van der Waals surface area contributed by atoms with Crippen LogP contribution >= 0.6 is 0 Å². The first-order valence-electron chi connectivity index (χ1n) is 4.45. The van der Waals surface area contributed by atoms with Gasteiger partial charge in [-0.2, -0.15) is 0 Å². The molecule has 0 fully saturated rings. The number of hydrogen-bond acceptors (Lipinski definition) is 3. The van der Waals surface area contributed by atoms with Gasteiger partial charge in [-0.1, -0.05) is 0 Å². The van der Waals surface area contributed by atoms with Crippen molar-refractivity contribution < 1.29 is 4.58 Å². The molecule has 0 amide bonds. The third kappa shape index (κ3) is 7.21. The highest BCUT2D eigenvalue weighted by atomic mass is 15.0. The second kappa shape index (κ2) is 7.00. The average molecular weight is 195 g/mol. The molecule has 0 aromatic carbocycles. The molecule has 0 saturated carbocycles. The van der Waals surface area contributed by atoms with Gasteiger partial charge in [0.1, 0.15) is 20.4 Å². The van der Waals surface area contributed by atoms with Crippen molar-refractivity contribution in [3.8, 4) is 0 Å². The Balaban J connectivity index is 3.96. The van der Waals surface area contributed by atoms with E-state index >= 15 is 0 Å². The van der Waals surface area contributed by atoms with Crippen LogP contribution in [0, 0.1) is 0 Å². The van der Waals surface area contributed by atoms with E-state index in [9.17, 15) is 0 Å². The maximum absolute atomic E-state index is 4.24. The molecule has 4 nitrogen and oxygen atoms in total. The summed E-state index contributed by atoms with van der Waals surface area (Å²) in [4.78, 5) is 8.10. The number of allylic oxidation sites excluding steroid dienone is 1. The molecule has 1 N–H and O–H groups in total. The maximum Gasteiger partial charge on any atom is 0.186 e. The van der Waals surface area contributed by atoms with E-state index in [2.05, 4.69) is 22.0 Å². The van der Waals surface area contributed by atoms with Crippen molar-refractivity contribution in [1.82, 2.24) is 5.32 Å². The second-order valence-corrected chi connectivity index (χ2v) is 3.09. The van der Waals surface area contributed by atoms with Gasteiger partial charge < -0.3 is 5.32 Å². The third-order valence-corrected chi connectivity index (χ3v) is 1.42. The van der Waals surface area contributed by atoms with Crippen LogP contribution in [0.1, 0.15) is 13.8 Å². The summed E-state index contributed by atoms with van der Waals surface area (Å²) in [6.07, 6.45) is 3.63. The van der Waals surface area contributed by atoms with Crippen molar-refractivity contribution in [1.29, 1.82) is 0 Å². The summed E-state index contributed by atoms with van der Waals surface area (Å²) in [6.45, 7) is 8.17. The van der Waals surface area contributed by atoms with Crippen LogP contribution < -0.4 is 5.32 Å². The van der Waals surface area contributed by atoms with Gasteiger partial charge in [-0.25, -0.2) is 4.58 Å². The molecule has 0 spiro atoms. The van der Waals surface area contributed by atoms with Gasteiger partial charge in [0.05, 0.1) is 11.4 Å². The average Bonchev–Trinajstić information content (AvgIpc) is 2.02.